The van der Waals surface area contributed by atoms with Crippen molar-refractivity contribution >= 4 is 22.8 Å². The average Bonchev–Trinajstić information content (AvgIpc) is 2.85. The molecule has 0 bridgehead atoms. The van der Waals surface area contributed by atoms with Crippen LogP contribution >= 0.6 is 11.8 Å². The summed E-state index contributed by atoms with van der Waals surface area (Å²) in [5.41, 5.74) is -0.635. The molecule has 0 spiro atoms. The Morgan fingerprint density at radius 1 is 1.21 bits per heavy atom. The molecule has 154 valence electrons. The minimum Gasteiger partial charge on any atom is -0.350 e. The second-order valence-electron chi connectivity index (χ2n) is 7.37. The maximum absolute atomic E-state index is 13.1. The van der Waals surface area contributed by atoms with Crippen LogP contribution in [0.2, 0.25) is 0 Å². The zero-order valence-electron chi connectivity index (χ0n) is 16.0. The van der Waals surface area contributed by atoms with Gasteiger partial charge in [-0.2, -0.15) is 13.2 Å². The third kappa shape index (κ3) is 5.21. The fraction of sp³-hybridized carbons (Fsp3) is 0.600. The second-order valence-corrected chi connectivity index (χ2v) is 8.35. The van der Waals surface area contributed by atoms with Gasteiger partial charge >= 0.3 is 6.18 Å². The fourth-order valence-electron chi connectivity index (χ4n) is 3.67. The summed E-state index contributed by atoms with van der Waals surface area (Å²) < 4.78 is 39.3. The molecule has 28 heavy (non-hydrogen) atoms. The predicted molar refractivity (Wildman–Crippen MR) is 106 cm³/mol. The molecule has 4 nitrogen and oxygen atoms in total. The Bertz CT molecular complexity index is 715. The van der Waals surface area contributed by atoms with Gasteiger partial charge in [-0.1, -0.05) is 55.6 Å². The molecule has 0 radical (unpaired) electrons. The van der Waals surface area contributed by atoms with Crippen molar-refractivity contribution in [2.45, 2.75) is 63.3 Å². The number of nitrogens with zero attached hydrogens (tertiary/aromatic N) is 2. The summed E-state index contributed by atoms with van der Waals surface area (Å²) in [4.78, 5) is 19.3. The third-order valence-corrected chi connectivity index (χ3v) is 6.47. The quantitative estimate of drug-likeness (QED) is 0.742. The normalized spacial score (nSPS) is 23.1. The monoisotopic (exact) mass is 413 g/mol. The van der Waals surface area contributed by atoms with E-state index in [0.29, 0.717) is 11.8 Å². The van der Waals surface area contributed by atoms with Crippen molar-refractivity contribution in [3.05, 3.63) is 35.4 Å². The first-order valence-corrected chi connectivity index (χ1v) is 10.7. The van der Waals surface area contributed by atoms with E-state index in [1.165, 1.54) is 37.8 Å². The van der Waals surface area contributed by atoms with Gasteiger partial charge in [0.15, 0.2) is 5.17 Å². The Morgan fingerprint density at radius 3 is 2.57 bits per heavy atom. The first-order chi connectivity index (χ1) is 13.4. The Balaban J connectivity index is 1.60. The summed E-state index contributed by atoms with van der Waals surface area (Å²) in [6.07, 6.45) is 2.64. The summed E-state index contributed by atoms with van der Waals surface area (Å²) in [7, 11) is 1.84. The second kappa shape index (κ2) is 9.20. The van der Waals surface area contributed by atoms with Crippen LogP contribution in [0.15, 0.2) is 29.3 Å². The highest BCUT2D eigenvalue weighted by atomic mass is 32.2. The molecule has 1 atom stereocenters. The Morgan fingerprint density at radius 2 is 1.89 bits per heavy atom. The van der Waals surface area contributed by atoms with Crippen LogP contribution in [0.1, 0.15) is 49.7 Å². The number of carbonyl (C=O) groups excluding carboxylic acids is 1. The molecule has 1 amide bonds. The predicted octanol–water partition coefficient (Wildman–Crippen LogP) is 4.45. The van der Waals surface area contributed by atoms with Gasteiger partial charge in [-0.3, -0.25) is 9.79 Å². The number of benzene rings is 1. The molecule has 1 aliphatic carbocycles. The van der Waals surface area contributed by atoms with Gasteiger partial charge < -0.3 is 10.2 Å². The van der Waals surface area contributed by atoms with Crippen molar-refractivity contribution in [1.82, 2.24) is 10.2 Å². The molecular weight excluding hydrogens is 387 g/mol. The van der Waals surface area contributed by atoms with Crippen molar-refractivity contribution in [3.63, 3.8) is 0 Å². The van der Waals surface area contributed by atoms with E-state index in [-0.39, 0.29) is 18.0 Å². The van der Waals surface area contributed by atoms with Gasteiger partial charge in [0, 0.05) is 19.3 Å². The maximum atomic E-state index is 13.1. The van der Waals surface area contributed by atoms with E-state index < -0.39 is 17.8 Å². The molecule has 1 N–H and O–H groups in total. The standard InChI is InChI=1S/C20H26F3N3OS/c1-26-17(13-28-19(26)25-15-9-4-2-3-5-10-15)18(27)24-12-14-8-6-7-11-16(14)20(21,22)23/h6-8,11,15,17H,2-5,9-10,12-13H2,1H3,(H,24,27). The number of likely N-dealkylation sites (N-methyl/N-ethyl adjacent to an activating group) is 1. The van der Waals surface area contributed by atoms with Gasteiger partial charge in [0.1, 0.15) is 6.04 Å². The SMILES string of the molecule is CN1C(=NC2CCCCCC2)SCC1C(=O)NCc1ccccc1C(F)(F)F. The van der Waals surface area contributed by atoms with E-state index in [1.54, 1.807) is 17.8 Å². The van der Waals surface area contributed by atoms with Gasteiger partial charge in [0.25, 0.3) is 0 Å². The Kier molecular flexibility index (Phi) is 6.91. The molecule has 1 aromatic rings. The molecule has 1 aliphatic heterocycles. The first kappa shape index (κ1) is 21.0. The van der Waals surface area contributed by atoms with Gasteiger partial charge in [-0.25, -0.2) is 0 Å². The number of alkyl halides is 3. The minimum absolute atomic E-state index is 0.0731. The van der Waals surface area contributed by atoms with E-state index >= 15 is 0 Å². The van der Waals surface area contributed by atoms with Crippen LogP contribution in [0.5, 0.6) is 0 Å². The van der Waals surface area contributed by atoms with Crippen LogP contribution in [-0.4, -0.2) is 40.9 Å². The molecule has 1 saturated carbocycles. The maximum Gasteiger partial charge on any atom is 0.416 e. The lowest BCUT2D eigenvalue weighted by Gasteiger charge is -2.22. The van der Waals surface area contributed by atoms with Crippen molar-refractivity contribution in [2.24, 2.45) is 4.99 Å². The molecule has 1 saturated heterocycles. The molecule has 1 heterocycles. The lowest BCUT2D eigenvalue weighted by molar-refractivity contribution is -0.138. The molecule has 2 fully saturated rings. The van der Waals surface area contributed by atoms with Crippen molar-refractivity contribution in [2.75, 3.05) is 12.8 Å². The summed E-state index contributed by atoms with van der Waals surface area (Å²) in [6, 6.07) is 5.24. The number of halogens is 3. The van der Waals surface area contributed by atoms with Crippen LogP contribution < -0.4 is 5.32 Å². The molecule has 1 unspecified atom stereocenters. The Labute approximate surface area is 168 Å². The highest BCUT2D eigenvalue weighted by Crippen LogP contribution is 2.32. The Hall–Kier alpha value is -1.70. The first-order valence-electron chi connectivity index (χ1n) is 9.72. The van der Waals surface area contributed by atoms with Crippen LogP contribution in [0.4, 0.5) is 13.2 Å². The lowest BCUT2D eigenvalue weighted by atomic mass is 10.1. The number of nitrogens with one attached hydrogen (secondary N) is 1. The van der Waals surface area contributed by atoms with Crippen LogP contribution in [0, 0.1) is 0 Å². The van der Waals surface area contributed by atoms with E-state index in [4.69, 9.17) is 4.99 Å². The number of amides is 1. The largest absolute Gasteiger partial charge is 0.416 e. The lowest BCUT2D eigenvalue weighted by Crippen LogP contribution is -2.44. The number of hydrogen-bond donors (Lipinski definition) is 1. The summed E-state index contributed by atoms with van der Waals surface area (Å²) >= 11 is 1.55. The van der Waals surface area contributed by atoms with Gasteiger partial charge in [-0.05, 0) is 24.5 Å². The zero-order chi connectivity index (χ0) is 20.1. The van der Waals surface area contributed by atoms with Crippen LogP contribution in [0.25, 0.3) is 0 Å². The summed E-state index contributed by atoms with van der Waals surface area (Å²) in [5.74, 6) is 0.299. The number of rotatable bonds is 4. The van der Waals surface area contributed by atoms with Crippen molar-refractivity contribution in [3.8, 4) is 0 Å². The van der Waals surface area contributed by atoms with Crippen molar-refractivity contribution in [1.29, 1.82) is 0 Å². The fourth-order valence-corrected chi connectivity index (χ4v) is 4.91. The number of carbonyl (C=O) groups is 1. The zero-order valence-corrected chi connectivity index (χ0v) is 16.8. The van der Waals surface area contributed by atoms with Crippen LogP contribution in [0.3, 0.4) is 0 Å². The van der Waals surface area contributed by atoms with Gasteiger partial charge in [0.2, 0.25) is 5.91 Å². The number of thioether (sulfide) groups is 1. The van der Waals surface area contributed by atoms with E-state index in [2.05, 4.69) is 5.32 Å². The average molecular weight is 414 g/mol. The molecule has 8 heteroatoms. The molecule has 3 rings (SSSR count). The van der Waals surface area contributed by atoms with Gasteiger partial charge in [-0.15, -0.1) is 0 Å². The molecule has 2 aliphatic rings. The van der Waals surface area contributed by atoms with E-state index in [9.17, 15) is 18.0 Å². The van der Waals surface area contributed by atoms with E-state index in [0.717, 1.165) is 24.1 Å². The minimum atomic E-state index is -4.43. The number of hydrogen-bond acceptors (Lipinski definition) is 3. The third-order valence-electron chi connectivity index (χ3n) is 5.34. The highest BCUT2D eigenvalue weighted by molar-refractivity contribution is 8.14. The summed E-state index contributed by atoms with van der Waals surface area (Å²) in [5, 5.41) is 3.53. The summed E-state index contributed by atoms with van der Waals surface area (Å²) in [6.45, 7) is -0.140. The molecule has 1 aromatic carbocycles. The molecule has 0 aromatic heterocycles. The van der Waals surface area contributed by atoms with Crippen LogP contribution in [-0.2, 0) is 17.5 Å². The van der Waals surface area contributed by atoms with Gasteiger partial charge in [0.05, 0.1) is 11.6 Å². The topological polar surface area (TPSA) is 44.7 Å². The van der Waals surface area contributed by atoms with E-state index in [1.807, 2.05) is 11.9 Å². The highest BCUT2D eigenvalue weighted by Gasteiger charge is 2.35. The molecular formula is C20H26F3N3OS. The van der Waals surface area contributed by atoms with Crippen molar-refractivity contribution < 1.29 is 18.0 Å². The number of amidine groups is 1. The smallest absolute Gasteiger partial charge is 0.350 e. The number of aliphatic imine (C=N–C) groups is 1.